The maximum Gasteiger partial charge on any atom is 0.252 e. The molecule has 0 radical (unpaired) electrons. The van der Waals surface area contributed by atoms with Crippen molar-refractivity contribution in [2.75, 3.05) is 14.7 Å². The molecular weight excluding hydrogens is 874 g/mol. The molecule has 4 heterocycles. The van der Waals surface area contributed by atoms with Crippen molar-refractivity contribution in [2.45, 2.75) is 124 Å². The van der Waals surface area contributed by atoms with Crippen molar-refractivity contribution in [2.24, 2.45) is 0 Å². The van der Waals surface area contributed by atoms with E-state index in [1.165, 1.54) is 120 Å². The predicted octanol–water partition coefficient (Wildman–Crippen LogP) is 16.6. The van der Waals surface area contributed by atoms with Crippen LogP contribution >= 0.6 is 0 Å². The number of anilines is 8. The molecule has 1 aliphatic carbocycles. The van der Waals surface area contributed by atoms with E-state index in [0.717, 1.165) is 34.0 Å². The van der Waals surface area contributed by atoms with E-state index in [-0.39, 0.29) is 28.5 Å². The highest BCUT2D eigenvalue weighted by molar-refractivity contribution is 7.00. The quantitative estimate of drug-likeness (QED) is 0.164. The van der Waals surface area contributed by atoms with Crippen LogP contribution in [-0.4, -0.2) is 12.3 Å². The fraction of sp³-hybridized carbons (Fsp3) is 0.284. The first-order chi connectivity index (χ1) is 34.4. The molecule has 9 aromatic rings. The second-order valence-corrected chi connectivity index (χ2v) is 24.3. The van der Waals surface area contributed by atoms with Gasteiger partial charge in [-0.25, -0.2) is 0 Å². The van der Waals surface area contributed by atoms with Gasteiger partial charge in [0.1, 0.15) is 11.2 Å². The van der Waals surface area contributed by atoms with Crippen LogP contribution in [0.4, 0.5) is 45.5 Å². The lowest BCUT2D eigenvalue weighted by Crippen LogP contribution is -2.61. The number of para-hydroxylation sites is 1. The molecule has 2 atom stereocenters. The number of fused-ring (bicyclic) bond motifs is 10. The maximum absolute atomic E-state index is 6.72. The molecule has 1 fully saturated rings. The van der Waals surface area contributed by atoms with Crippen LogP contribution in [-0.2, 0) is 16.2 Å². The fourth-order valence-electron chi connectivity index (χ4n) is 14.0. The average molecular weight is 940 g/mol. The minimum atomic E-state index is -0.0946. The summed E-state index contributed by atoms with van der Waals surface area (Å²) in [7, 11) is 0. The first-order valence-electron chi connectivity index (χ1n) is 26.5. The van der Waals surface area contributed by atoms with Gasteiger partial charge in [0.2, 0.25) is 0 Å². The molecule has 0 saturated heterocycles. The van der Waals surface area contributed by atoms with E-state index in [4.69, 9.17) is 4.42 Å². The third kappa shape index (κ3) is 6.37. The maximum atomic E-state index is 6.72. The van der Waals surface area contributed by atoms with Crippen LogP contribution in [0.25, 0.3) is 33.1 Å². The lowest BCUT2D eigenvalue weighted by Gasteiger charge is -2.51. The van der Waals surface area contributed by atoms with Crippen molar-refractivity contribution < 1.29 is 4.42 Å². The average Bonchev–Trinajstić information content (AvgIpc) is 3.83. The molecule has 4 aliphatic rings. The summed E-state index contributed by atoms with van der Waals surface area (Å²) in [6.45, 7) is 26.0. The Hall–Kier alpha value is -6.98. The zero-order valence-corrected chi connectivity index (χ0v) is 44.1. The minimum Gasteiger partial charge on any atom is -0.456 e. The van der Waals surface area contributed by atoms with E-state index in [1.807, 2.05) is 0 Å². The second kappa shape index (κ2) is 15.5. The Morgan fingerprint density at radius 3 is 1.88 bits per heavy atom. The van der Waals surface area contributed by atoms with E-state index < -0.39 is 0 Å². The molecule has 358 valence electrons. The first kappa shape index (κ1) is 44.9. The van der Waals surface area contributed by atoms with Gasteiger partial charge < -0.3 is 19.1 Å². The van der Waals surface area contributed by atoms with Gasteiger partial charge in [0.25, 0.3) is 6.71 Å². The van der Waals surface area contributed by atoms with Gasteiger partial charge in [0.15, 0.2) is 0 Å². The lowest BCUT2D eigenvalue weighted by atomic mass is 9.33. The Labute approximate surface area is 427 Å². The normalized spacial score (nSPS) is 19.1. The van der Waals surface area contributed by atoms with Crippen molar-refractivity contribution in [3.05, 3.63) is 185 Å². The Morgan fingerprint density at radius 2 is 1.12 bits per heavy atom. The van der Waals surface area contributed by atoms with Crippen molar-refractivity contribution in [3.63, 3.8) is 0 Å². The van der Waals surface area contributed by atoms with Crippen molar-refractivity contribution >= 4 is 90.5 Å². The summed E-state index contributed by atoms with van der Waals surface area (Å²) in [4.78, 5) is 8.03. The number of hydrogen-bond donors (Lipinski definition) is 0. The van der Waals surface area contributed by atoms with Gasteiger partial charge in [-0.05, 0) is 173 Å². The molecule has 2 unspecified atom stereocenters. The number of furan rings is 1. The lowest BCUT2D eigenvalue weighted by molar-refractivity contribution is 0.194. The summed E-state index contributed by atoms with van der Waals surface area (Å²) >= 11 is 0. The van der Waals surface area contributed by atoms with E-state index in [9.17, 15) is 0 Å². The molecule has 1 aromatic heterocycles. The van der Waals surface area contributed by atoms with E-state index >= 15 is 0 Å². The van der Waals surface area contributed by atoms with Crippen molar-refractivity contribution in [1.82, 2.24) is 0 Å². The molecule has 4 nitrogen and oxygen atoms in total. The number of hydrogen-bond acceptors (Lipinski definition) is 4. The van der Waals surface area contributed by atoms with E-state index in [0.29, 0.717) is 0 Å². The molecule has 13 rings (SSSR count). The van der Waals surface area contributed by atoms with Crippen LogP contribution in [0.15, 0.2) is 156 Å². The Balaban J connectivity index is 1.13. The molecular formula is C67H66BN3O. The van der Waals surface area contributed by atoms with Crippen molar-refractivity contribution in [1.29, 1.82) is 0 Å². The van der Waals surface area contributed by atoms with Crippen LogP contribution in [0.2, 0.25) is 0 Å². The molecule has 0 amide bonds. The fourth-order valence-corrected chi connectivity index (χ4v) is 14.0. The highest BCUT2D eigenvalue weighted by atomic mass is 16.3. The first-order valence-corrected chi connectivity index (χ1v) is 26.5. The summed E-state index contributed by atoms with van der Waals surface area (Å²) in [5, 5.41) is 2.26. The van der Waals surface area contributed by atoms with Gasteiger partial charge in [-0.15, -0.1) is 0 Å². The second-order valence-electron chi connectivity index (χ2n) is 24.3. The third-order valence-corrected chi connectivity index (χ3v) is 17.7. The zero-order valence-electron chi connectivity index (χ0n) is 44.1. The number of nitrogens with zero attached hydrogens (tertiary/aromatic N) is 3. The van der Waals surface area contributed by atoms with Gasteiger partial charge in [-0.3, -0.25) is 0 Å². The SMILES string of the molecule is Cc1cc2c3c(c1)N(c1cccc4oc5ccccc5c14)c1cc(N4c5cc(C)cc(C)c5C5(C)CCCCC45C)ccc1B3c1ccc(C(C)(C)C)cc1N2c1ccc(C(C)(C)C)cc1-c1ccccc1. The monoisotopic (exact) mass is 940 g/mol. The summed E-state index contributed by atoms with van der Waals surface area (Å²) in [6, 6.07) is 58.3. The number of rotatable bonds is 4. The van der Waals surface area contributed by atoms with Crippen LogP contribution < -0.4 is 31.1 Å². The molecule has 72 heavy (non-hydrogen) atoms. The van der Waals surface area contributed by atoms with E-state index in [1.54, 1.807) is 0 Å². The van der Waals surface area contributed by atoms with Gasteiger partial charge >= 0.3 is 0 Å². The number of aryl methyl sites for hydroxylation is 3. The largest absolute Gasteiger partial charge is 0.456 e. The topological polar surface area (TPSA) is 22.9 Å². The molecule has 0 spiro atoms. The Morgan fingerprint density at radius 1 is 0.514 bits per heavy atom. The Bertz CT molecular complexity index is 3720. The predicted molar refractivity (Wildman–Crippen MR) is 308 cm³/mol. The van der Waals surface area contributed by atoms with Crippen LogP contribution in [0.3, 0.4) is 0 Å². The van der Waals surface area contributed by atoms with Gasteiger partial charge in [-0.1, -0.05) is 146 Å². The summed E-state index contributed by atoms with van der Waals surface area (Å²) in [5.74, 6) is 0. The van der Waals surface area contributed by atoms with Crippen LogP contribution in [0.1, 0.15) is 114 Å². The highest BCUT2D eigenvalue weighted by Gasteiger charge is 2.58. The van der Waals surface area contributed by atoms with Gasteiger partial charge in [0, 0.05) is 50.5 Å². The Kier molecular flexibility index (Phi) is 9.68. The summed E-state index contributed by atoms with van der Waals surface area (Å²) < 4.78 is 6.72. The number of benzene rings is 8. The standard InChI is InChI=1S/C67H66BN3O/c1-41-34-43(3)62-56(35-41)71(67(11)33-18-17-32-66(62,67)10)47-28-30-51-55(40-47)70(53-23-19-25-60-61(53)48-22-15-16-24-59(48)72-60)58-37-42(2)36-57-63(58)68(51)50-29-26-46(65(7,8)9)39-54(50)69(57)52-31-27-45(64(4,5)6)38-49(52)44-20-13-12-14-21-44/h12-16,19-31,34-40H,17-18,32-33H2,1-11H3. The summed E-state index contributed by atoms with van der Waals surface area (Å²) in [5.41, 5.74) is 26.0. The third-order valence-electron chi connectivity index (χ3n) is 17.7. The van der Waals surface area contributed by atoms with E-state index in [2.05, 4.69) is 243 Å². The smallest absolute Gasteiger partial charge is 0.252 e. The molecule has 8 aromatic carbocycles. The molecule has 0 N–H and O–H groups in total. The van der Waals surface area contributed by atoms with Crippen LogP contribution in [0.5, 0.6) is 0 Å². The molecule has 3 aliphatic heterocycles. The molecule has 5 heteroatoms. The van der Waals surface area contributed by atoms with Gasteiger partial charge in [-0.2, -0.15) is 0 Å². The summed E-state index contributed by atoms with van der Waals surface area (Å²) in [6.07, 6.45) is 4.82. The van der Waals surface area contributed by atoms with Gasteiger partial charge in [0.05, 0.1) is 22.3 Å². The minimum absolute atomic E-state index is 0.0219. The van der Waals surface area contributed by atoms with Crippen molar-refractivity contribution in [3.8, 4) is 11.1 Å². The van der Waals surface area contributed by atoms with Crippen LogP contribution in [0, 0.1) is 20.8 Å². The zero-order chi connectivity index (χ0) is 49.8. The highest BCUT2D eigenvalue weighted by Crippen LogP contribution is 2.62. The molecule has 1 saturated carbocycles. The molecule has 0 bridgehead atoms.